The highest BCUT2D eigenvalue weighted by atomic mass is 16.5. The zero-order chi connectivity index (χ0) is 19.0. The lowest BCUT2D eigenvalue weighted by Gasteiger charge is -2.28. The van der Waals surface area contributed by atoms with E-state index in [1.165, 1.54) is 0 Å². The molecule has 2 aromatic rings. The molecule has 0 aromatic heterocycles. The number of methoxy groups -OCH3 is 1. The Bertz CT molecular complexity index is 683. The van der Waals surface area contributed by atoms with Crippen molar-refractivity contribution in [2.24, 2.45) is 0 Å². The van der Waals surface area contributed by atoms with Gasteiger partial charge in [0.05, 0.1) is 7.11 Å². The summed E-state index contributed by atoms with van der Waals surface area (Å²) in [5.41, 5.74) is -0.952. The van der Waals surface area contributed by atoms with Gasteiger partial charge in [-0.05, 0) is 36.3 Å². The molecule has 1 N–H and O–H groups in total. The number of carbonyl (C=O) groups excluding carboxylic acids is 1. The van der Waals surface area contributed by atoms with E-state index in [-0.39, 0.29) is 6.61 Å². The van der Waals surface area contributed by atoms with Gasteiger partial charge in [0.25, 0.3) is 0 Å². The lowest BCUT2D eigenvalue weighted by Crippen LogP contribution is -2.40. The Kier molecular flexibility index (Phi) is 7.18. The van der Waals surface area contributed by atoms with Crippen molar-refractivity contribution in [3.8, 4) is 5.75 Å². The average Bonchev–Trinajstić information content (AvgIpc) is 2.71. The molecule has 0 aliphatic rings. The lowest BCUT2D eigenvalue weighted by molar-refractivity contribution is -0.162. The van der Waals surface area contributed by atoms with Crippen molar-refractivity contribution in [1.29, 1.82) is 0 Å². The van der Waals surface area contributed by atoms with E-state index in [1.54, 1.807) is 55.6 Å². The van der Waals surface area contributed by atoms with Gasteiger partial charge in [-0.1, -0.05) is 56.3 Å². The summed E-state index contributed by atoms with van der Waals surface area (Å²) in [6, 6.07) is 15.6. The number of hydrogen-bond acceptors (Lipinski definition) is 5. The molecule has 2 rings (SSSR count). The summed E-state index contributed by atoms with van der Waals surface area (Å²) >= 11 is 0. The molecule has 0 saturated heterocycles. The third-order valence-electron chi connectivity index (χ3n) is 4.53. The monoisotopic (exact) mass is 357 g/mol. The predicted octanol–water partition coefficient (Wildman–Crippen LogP) is 2.82. The quantitative estimate of drug-likeness (QED) is 0.700. The van der Waals surface area contributed by atoms with Crippen LogP contribution in [-0.4, -0.2) is 49.3 Å². The first-order valence-electron chi connectivity index (χ1n) is 8.88. The van der Waals surface area contributed by atoms with Crippen LogP contribution in [0.2, 0.25) is 0 Å². The van der Waals surface area contributed by atoms with Gasteiger partial charge in [-0.2, -0.15) is 0 Å². The number of aliphatic hydroxyl groups is 1. The Morgan fingerprint density at radius 3 is 2.12 bits per heavy atom. The first-order valence-corrected chi connectivity index (χ1v) is 8.88. The lowest BCUT2D eigenvalue weighted by atomic mass is 9.86. The molecule has 1 unspecified atom stereocenters. The summed E-state index contributed by atoms with van der Waals surface area (Å²) in [5, 5.41) is 11.3. The highest BCUT2D eigenvalue weighted by molar-refractivity contribution is 5.85. The normalized spacial score (nSPS) is 13.3. The topological polar surface area (TPSA) is 59.0 Å². The molecule has 2 aromatic carbocycles. The molecule has 0 spiro atoms. The smallest absolute Gasteiger partial charge is 0.347 e. The maximum absolute atomic E-state index is 12.9. The van der Waals surface area contributed by atoms with Crippen LogP contribution >= 0.6 is 0 Å². The molecule has 26 heavy (non-hydrogen) atoms. The summed E-state index contributed by atoms with van der Waals surface area (Å²) in [6.45, 7) is 6.75. The minimum absolute atomic E-state index is 0.228. The van der Waals surface area contributed by atoms with Crippen LogP contribution in [-0.2, 0) is 15.1 Å². The van der Waals surface area contributed by atoms with E-state index in [0.29, 0.717) is 23.4 Å². The van der Waals surface area contributed by atoms with Gasteiger partial charge in [-0.25, -0.2) is 4.79 Å². The van der Waals surface area contributed by atoms with Crippen molar-refractivity contribution in [2.45, 2.75) is 19.4 Å². The van der Waals surface area contributed by atoms with Crippen LogP contribution in [0.1, 0.15) is 25.0 Å². The van der Waals surface area contributed by atoms with E-state index in [0.717, 1.165) is 13.1 Å². The minimum atomic E-state index is -1.86. The van der Waals surface area contributed by atoms with Crippen LogP contribution in [0.4, 0.5) is 0 Å². The van der Waals surface area contributed by atoms with Crippen molar-refractivity contribution in [3.63, 3.8) is 0 Å². The molecule has 0 aliphatic heterocycles. The van der Waals surface area contributed by atoms with Gasteiger partial charge in [0, 0.05) is 6.54 Å². The molecule has 0 amide bonds. The summed E-state index contributed by atoms with van der Waals surface area (Å²) in [6.07, 6.45) is 0. The van der Waals surface area contributed by atoms with Gasteiger partial charge < -0.3 is 19.5 Å². The van der Waals surface area contributed by atoms with Crippen LogP contribution in [0.25, 0.3) is 0 Å². The second-order valence-corrected chi connectivity index (χ2v) is 5.97. The standard InChI is InChI=1S/C21H27NO4/c1-4-22(5-2)15-16-26-20(23)21(24,17-9-7-6-8-10-17)18-11-13-19(25-3)14-12-18/h6-14,24H,4-5,15-16H2,1-3H3. The van der Waals surface area contributed by atoms with Crippen LogP contribution in [0.5, 0.6) is 5.75 Å². The van der Waals surface area contributed by atoms with Crippen molar-refractivity contribution in [3.05, 3.63) is 65.7 Å². The molecule has 0 saturated carbocycles. The van der Waals surface area contributed by atoms with E-state index < -0.39 is 11.6 Å². The van der Waals surface area contributed by atoms with Gasteiger partial charge >= 0.3 is 5.97 Å². The molecule has 5 heteroatoms. The number of carbonyl (C=O) groups is 1. The Balaban J connectivity index is 2.27. The van der Waals surface area contributed by atoms with Crippen LogP contribution in [0.15, 0.2) is 54.6 Å². The fourth-order valence-electron chi connectivity index (χ4n) is 2.83. The van der Waals surface area contributed by atoms with Crippen LogP contribution < -0.4 is 4.74 Å². The van der Waals surface area contributed by atoms with Crippen molar-refractivity contribution in [1.82, 2.24) is 4.90 Å². The van der Waals surface area contributed by atoms with E-state index in [1.807, 2.05) is 6.07 Å². The predicted molar refractivity (Wildman–Crippen MR) is 101 cm³/mol. The first kappa shape index (κ1) is 19.9. The van der Waals surface area contributed by atoms with E-state index in [2.05, 4.69) is 18.7 Å². The van der Waals surface area contributed by atoms with E-state index in [4.69, 9.17) is 9.47 Å². The van der Waals surface area contributed by atoms with E-state index in [9.17, 15) is 9.90 Å². The van der Waals surface area contributed by atoms with E-state index >= 15 is 0 Å². The minimum Gasteiger partial charge on any atom is -0.497 e. The number of benzene rings is 2. The number of nitrogens with zero attached hydrogens (tertiary/aromatic N) is 1. The fourth-order valence-corrected chi connectivity index (χ4v) is 2.83. The van der Waals surface area contributed by atoms with Crippen molar-refractivity contribution < 1.29 is 19.4 Å². The molecule has 0 aliphatic carbocycles. The number of rotatable bonds is 9. The fraction of sp³-hybridized carbons (Fsp3) is 0.381. The second kappa shape index (κ2) is 9.36. The van der Waals surface area contributed by atoms with Gasteiger partial charge in [-0.3, -0.25) is 0 Å². The molecular weight excluding hydrogens is 330 g/mol. The summed E-state index contributed by atoms with van der Waals surface area (Å²) in [7, 11) is 1.57. The zero-order valence-corrected chi connectivity index (χ0v) is 15.6. The molecule has 0 heterocycles. The second-order valence-electron chi connectivity index (χ2n) is 5.97. The largest absolute Gasteiger partial charge is 0.497 e. The van der Waals surface area contributed by atoms with Crippen LogP contribution in [0.3, 0.4) is 0 Å². The number of hydrogen-bond donors (Lipinski definition) is 1. The molecule has 1 atom stereocenters. The van der Waals surface area contributed by atoms with Crippen LogP contribution in [0, 0.1) is 0 Å². The Hall–Kier alpha value is -2.37. The van der Waals surface area contributed by atoms with Gasteiger partial charge in [-0.15, -0.1) is 0 Å². The Labute approximate surface area is 155 Å². The Morgan fingerprint density at radius 1 is 1.00 bits per heavy atom. The van der Waals surface area contributed by atoms with Gasteiger partial charge in [0.2, 0.25) is 5.60 Å². The molecule has 0 radical (unpaired) electrons. The maximum Gasteiger partial charge on any atom is 0.347 e. The van der Waals surface area contributed by atoms with Gasteiger partial charge in [0.15, 0.2) is 0 Å². The first-order chi connectivity index (χ1) is 12.6. The number of esters is 1. The molecule has 5 nitrogen and oxygen atoms in total. The summed E-state index contributed by atoms with van der Waals surface area (Å²) < 4.78 is 10.6. The van der Waals surface area contributed by atoms with Crippen molar-refractivity contribution >= 4 is 5.97 Å². The number of ether oxygens (including phenoxy) is 2. The van der Waals surface area contributed by atoms with Crippen molar-refractivity contribution in [2.75, 3.05) is 33.4 Å². The highest BCUT2D eigenvalue weighted by Gasteiger charge is 2.41. The SMILES string of the molecule is CCN(CC)CCOC(=O)C(O)(c1ccccc1)c1ccc(OC)cc1. The zero-order valence-electron chi connectivity index (χ0n) is 15.6. The van der Waals surface area contributed by atoms with Gasteiger partial charge in [0.1, 0.15) is 12.4 Å². The molecule has 0 bridgehead atoms. The number of likely N-dealkylation sites (N-methyl/N-ethyl adjacent to an activating group) is 1. The molecular formula is C21H27NO4. The third-order valence-corrected chi connectivity index (χ3v) is 4.53. The Morgan fingerprint density at radius 2 is 1.58 bits per heavy atom. The summed E-state index contributed by atoms with van der Waals surface area (Å²) in [4.78, 5) is 15.0. The maximum atomic E-state index is 12.9. The molecule has 140 valence electrons. The average molecular weight is 357 g/mol. The molecule has 0 fully saturated rings. The summed E-state index contributed by atoms with van der Waals surface area (Å²) in [5.74, 6) is -0.0277. The highest BCUT2D eigenvalue weighted by Crippen LogP contribution is 2.32. The third kappa shape index (κ3) is 4.42.